The fourth-order valence-corrected chi connectivity index (χ4v) is 2.68. The van der Waals surface area contributed by atoms with Gasteiger partial charge < -0.3 is 15.3 Å². The second kappa shape index (κ2) is 7.11. The van der Waals surface area contributed by atoms with Crippen LogP contribution >= 0.6 is 0 Å². The van der Waals surface area contributed by atoms with Crippen molar-refractivity contribution in [3.63, 3.8) is 0 Å². The number of hydrogen-bond donors (Lipinski definition) is 2. The van der Waals surface area contributed by atoms with Gasteiger partial charge >= 0.3 is 12.0 Å². The van der Waals surface area contributed by atoms with E-state index >= 15 is 0 Å². The molecule has 0 aliphatic carbocycles. The van der Waals surface area contributed by atoms with Gasteiger partial charge in [-0.25, -0.2) is 9.59 Å². The molecular weight excluding hydrogens is 268 g/mol. The predicted molar refractivity (Wildman–Crippen MR) is 80.1 cm³/mol. The number of nitrogens with zero attached hydrogens (tertiary/aromatic N) is 1. The van der Waals surface area contributed by atoms with E-state index in [2.05, 4.69) is 5.32 Å². The van der Waals surface area contributed by atoms with Crippen molar-refractivity contribution in [3.05, 3.63) is 35.9 Å². The zero-order chi connectivity index (χ0) is 15.2. The number of amides is 2. The summed E-state index contributed by atoms with van der Waals surface area (Å²) in [4.78, 5) is 25.4. The molecule has 1 fully saturated rings. The fourth-order valence-electron chi connectivity index (χ4n) is 2.68. The number of aliphatic carboxylic acids is 1. The van der Waals surface area contributed by atoms with E-state index in [4.69, 9.17) is 0 Å². The number of nitrogens with one attached hydrogen (secondary N) is 1. The Morgan fingerprint density at radius 2 is 2.05 bits per heavy atom. The van der Waals surface area contributed by atoms with Crippen molar-refractivity contribution >= 4 is 12.0 Å². The molecule has 2 amide bonds. The minimum atomic E-state index is -1.00. The Hall–Kier alpha value is -2.04. The number of likely N-dealkylation sites (tertiary alicyclic amines) is 1. The second-order valence-corrected chi connectivity index (χ2v) is 5.57. The Morgan fingerprint density at radius 3 is 2.67 bits per heavy atom. The van der Waals surface area contributed by atoms with Crippen molar-refractivity contribution in [2.45, 2.75) is 44.7 Å². The molecule has 1 heterocycles. The lowest BCUT2D eigenvalue weighted by atomic mass is 10.0. The Morgan fingerprint density at radius 1 is 1.33 bits per heavy atom. The van der Waals surface area contributed by atoms with Crippen LogP contribution in [0.1, 0.15) is 31.7 Å². The number of carbonyl (C=O) groups is 2. The van der Waals surface area contributed by atoms with Crippen molar-refractivity contribution < 1.29 is 14.7 Å². The molecule has 0 saturated carbocycles. The van der Waals surface area contributed by atoms with Crippen LogP contribution in [0.5, 0.6) is 0 Å². The first-order valence-corrected chi connectivity index (χ1v) is 7.42. The average Bonchev–Trinajstić information content (AvgIpc) is 2.48. The smallest absolute Gasteiger partial charge is 0.326 e. The van der Waals surface area contributed by atoms with Crippen molar-refractivity contribution in [1.82, 2.24) is 10.2 Å². The van der Waals surface area contributed by atoms with Gasteiger partial charge in [-0.3, -0.25) is 0 Å². The quantitative estimate of drug-likeness (QED) is 0.893. The highest BCUT2D eigenvalue weighted by Crippen LogP contribution is 2.16. The molecule has 2 N–H and O–H groups in total. The Kier molecular flexibility index (Phi) is 5.20. The number of carboxylic acid groups (broad SMARTS) is 1. The van der Waals surface area contributed by atoms with E-state index in [1.54, 1.807) is 4.90 Å². The van der Waals surface area contributed by atoms with Gasteiger partial charge in [0.25, 0.3) is 0 Å². The average molecular weight is 290 g/mol. The summed E-state index contributed by atoms with van der Waals surface area (Å²) in [5.74, 6) is -1.00. The molecule has 0 radical (unpaired) electrons. The minimum Gasteiger partial charge on any atom is -0.480 e. The van der Waals surface area contributed by atoms with Crippen molar-refractivity contribution in [1.29, 1.82) is 0 Å². The lowest BCUT2D eigenvalue weighted by Crippen LogP contribution is -2.52. The van der Waals surface area contributed by atoms with Gasteiger partial charge in [-0.15, -0.1) is 0 Å². The number of benzene rings is 1. The highest BCUT2D eigenvalue weighted by Gasteiger charge is 2.27. The van der Waals surface area contributed by atoms with Gasteiger partial charge in [0, 0.05) is 19.0 Å². The molecule has 21 heavy (non-hydrogen) atoms. The molecule has 2 atom stereocenters. The molecule has 1 aliphatic rings. The summed E-state index contributed by atoms with van der Waals surface area (Å²) in [6.07, 6.45) is 3.37. The Balaban J connectivity index is 1.99. The molecule has 1 unspecified atom stereocenters. The standard InChI is InChI=1S/C16H22N2O3/c1-12-7-5-6-10-18(12)16(21)17-14(15(19)20)11-13-8-3-2-4-9-13/h2-4,8-9,12,14H,5-7,10-11H2,1H3,(H,17,21)(H,19,20)/t12?,14-/m0/s1. The predicted octanol–water partition coefficient (Wildman–Crippen LogP) is 2.27. The van der Waals surface area contributed by atoms with E-state index < -0.39 is 12.0 Å². The van der Waals surface area contributed by atoms with E-state index in [9.17, 15) is 14.7 Å². The molecule has 0 aromatic heterocycles. The second-order valence-electron chi connectivity index (χ2n) is 5.57. The molecule has 2 rings (SSSR count). The lowest BCUT2D eigenvalue weighted by Gasteiger charge is -2.34. The van der Waals surface area contributed by atoms with E-state index in [1.165, 1.54) is 0 Å². The summed E-state index contributed by atoms with van der Waals surface area (Å²) in [6, 6.07) is 8.35. The van der Waals surface area contributed by atoms with Crippen LogP contribution in [-0.2, 0) is 11.2 Å². The lowest BCUT2D eigenvalue weighted by molar-refractivity contribution is -0.139. The molecule has 5 nitrogen and oxygen atoms in total. The summed E-state index contributed by atoms with van der Waals surface area (Å²) in [5.41, 5.74) is 0.900. The number of carboxylic acids is 1. The molecule has 5 heteroatoms. The Bertz CT molecular complexity index is 490. The minimum absolute atomic E-state index is 0.171. The maximum absolute atomic E-state index is 12.3. The maximum atomic E-state index is 12.3. The van der Waals surface area contributed by atoms with Crippen molar-refractivity contribution in [2.24, 2.45) is 0 Å². The molecular formula is C16H22N2O3. The summed E-state index contributed by atoms with van der Waals surface area (Å²) in [7, 11) is 0. The molecule has 114 valence electrons. The van der Waals surface area contributed by atoms with Crippen LogP contribution in [0.3, 0.4) is 0 Å². The molecule has 0 bridgehead atoms. The third kappa shape index (κ3) is 4.21. The Labute approximate surface area is 125 Å². The van der Waals surface area contributed by atoms with Gasteiger partial charge in [-0.05, 0) is 31.7 Å². The van der Waals surface area contributed by atoms with Gasteiger partial charge in [0.15, 0.2) is 0 Å². The topological polar surface area (TPSA) is 69.6 Å². The van der Waals surface area contributed by atoms with E-state index in [1.807, 2.05) is 37.3 Å². The van der Waals surface area contributed by atoms with Crippen LogP contribution in [0.2, 0.25) is 0 Å². The molecule has 1 saturated heterocycles. The highest BCUT2D eigenvalue weighted by atomic mass is 16.4. The van der Waals surface area contributed by atoms with Crippen LogP contribution in [0.15, 0.2) is 30.3 Å². The zero-order valence-corrected chi connectivity index (χ0v) is 12.3. The zero-order valence-electron chi connectivity index (χ0n) is 12.3. The third-order valence-corrected chi connectivity index (χ3v) is 3.94. The first kappa shape index (κ1) is 15.4. The summed E-state index contributed by atoms with van der Waals surface area (Å²) < 4.78 is 0. The summed E-state index contributed by atoms with van der Waals surface area (Å²) in [5, 5.41) is 12.0. The van der Waals surface area contributed by atoms with Gasteiger partial charge in [0.1, 0.15) is 6.04 Å². The molecule has 1 aromatic carbocycles. The van der Waals surface area contributed by atoms with Gasteiger partial charge in [0.2, 0.25) is 0 Å². The first-order valence-electron chi connectivity index (χ1n) is 7.42. The number of hydrogen-bond acceptors (Lipinski definition) is 2. The van der Waals surface area contributed by atoms with Crippen LogP contribution < -0.4 is 5.32 Å². The largest absolute Gasteiger partial charge is 0.480 e. The van der Waals surface area contributed by atoms with Crippen LogP contribution in [-0.4, -0.2) is 40.6 Å². The van der Waals surface area contributed by atoms with Crippen LogP contribution in [0.25, 0.3) is 0 Å². The highest BCUT2D eigenvalue weighted by molar-refractivity contribution is 5.83. The van der Waals surface area contributed by atoms with Crippen LogP contribution in [0, 0.1) is 0 Å². The molecule has 1 aromatic rings. The number of piperidine rings is 1. The SMILES string of the molecule is CC1CCCCN1C(=O)N[C@@H](Cc1ccccc1)C(=O)O. The van der Waals surface area contributed by atoms with E-state index in [-0.39, 0.29) is 12.1 Å². The maximum Gasteiger partial charge on any atom is 0.326 e. The third-order valence-electron chi connectivity index (χ3n) is 3.94. The fraction of sp³-hybridized carbons (Fsp3) is 0.500. The number of urea groups is 1. The van der Waals surface area contributed by atoms with Crippen LogP contribution in [0.4, 0.5) is 4.79 Å². The number of rotatable bonds is 4. The first-order chi connectivity index (χ1) is 10.1. The van der Waals surface area contributed by atoms with Crippen molar-refractivity contribution in [2.75, 3.05) is 6.54 Å². The van der Waals surface area contributed by atoms with Crippen molar-refractivity contribution in [3.8, 4) is 0 Å². The number of carbonyl (C=O) groups excluding carboxylic acids is 1. The molecule has 1 aliphatic heterocycles. The van der Waals surface area contributed by atoms with E-state index in [0.29, 0.717) is 13.0 Å². The summed E-state index contributed by atoms with van der Waals surface area (Å²) >= 11 is 0. The molecule has 0 spiro atoms. The monoisotopic (exact) mass is 290 g/mol. The van der Waals surface area contributed by atoms with Gasteiger partial charge in [-0.1, -0.05) is 30.3 Å². The van der Waals surface area contributed by atoms with Gasteiger partial charge in [0.05, 0.1) is 0 Å². The summed E-state index contributed by atoms with van der Waals surface area (Å²) in [6.45, 7) is 2.70. The van der Waals surface area contributed by atoms with E-state index in [0.717, 1.165) is 24.8 Å². The van der Waals surface area contributed by atoms with Gasteiger partial charge in [-0.2, -0.15) is 0 Å². The normalized spacial score (nSPS) is 19.9.